The number of nitrogens with zero attached hydrogens (tertiary/aromatic N) is 3. The van der Waals surface area contributed by atoms with Gasteiger partial charge in [0.2, 0.25) is 5.91 Å². The van der Waals surface area contributed by atoms with E-state index in [0.29, 0.717) is 13.0 Å². The Morgan fingerprint density at radius 1 is 1.21 bits per heavy atom. The summed E-state index contributed by atoms with van der Waals surface area (Å²) in [6, 6.07) is 6.32. The van der Waals surface area contributed by atoms with E-state index in [0.717, 1.165) is 38.3 Å². The number of halogens is 1. The second-order valence-electron chi connectivity index (χ2n) is 7.85. The summed E-state index contributed by atoms with van der Waals surface area (Å²) in [5.41, 5.74) is 0.991. The van der Waals surface area contributed by atoms with E-state index >= 15 is 0 Å². The third-order valence-electron chi connectivity index (χ3n) is 5.88. The van der Waals surface area contributed by atoms with E-state index in [2.05, 4.69) is 9.80 Å². The van der Waals surface area contributed by atoms with Crippen molar-refractivity contribution in [2.75, 3.05) is 49.1 Å². The fourth-order valence-electron chi connectivity index (χ4n) is 4.09. The Kier molecular flexibility index (Phi) is 6.60. The fraction of sp³-hybridized carbons (Fsp3) is 0.650. The van der Waals surface area contributed by atoms with Crippen molar-refractivity contribution in [3.05, 3.63) is 30.1 Å². The van der Waals surface area contributed by atoms with E-state index in [1.54, 1.807) is 12.1 Å². The molecule has 0 aromatic heterocycles. The largest absolute Gasteiger partial charge is 0.369 e. The van der Waals surface area contributed by atoms with Crippen molar-refractivity contribution < 1.29 is 17.6 Å². The molecule has 1 aromatic carbocycles. The first kappa shape index (κ1) is 21.0. The monoisotopic (exact) mass is 411 g/mol. The molecule has 2 saturated heterocycles. The molecular weight excluding hydrogens is 381 g/mol. The van der Waals surface area contributed by atoms with Gasteiger partial charge in [-0.2, -0.15) is 0 Å². The summed E-state index contributed by atoms with van der Waals surface area (Å²) in [5, 5.41) is 0. The minimum absolute atomic E-state index is 0.0201. The van der Waals surface area contributed by atoms with Crippen LogP contribution >= 0.6 is 0 Å². The normalized spacial score (nSPS) is 23.5. The average molecular weight is 412 g/mol. The van der Waals surface area contributed by atoms with E-state index in [-0.39, 0.29) is 35.3 Å². The van der Waals surface area contributed by atoms with Gasteiger partial charge in [-0.3, -0.25) is 9.69 Å². The number of hydrogen-bond donors (Lipinski definition) is 0. The van der Waals surface area contributed by atoms with E-state index in [1.807, 2.05) is 18.7 Å². The lowest BCUT2D eigenvalue weighted by atomic mass is 10.1. The van der Waals surface area contributed by atoms with E-state index in [4.69, 9.17) is 0 Å². The zero-order valence-electron chi connectivity index (χ0n) is 16.7. The SMILES string of the molecule is CC[C@@H](C)N(C(=O)CN1CCN(c2ccc(F)cc2)CC1)[C@@H]1CCS(=O)(=O)C1. The van der Waals surface area contributed by atoms with Crippen molar-refractivity contribution in [1.82, 2.24) is 9.80 Å². The Morgan fingerprint density at radius 3 is 2.39 bits per heavy atom. The highest BCUT2D eigenvalue weighted by atomic mass is 32.2. The van der Waals surface area contributed by atoms with Gasteiger partial charge in [0.1, 0.15) is 5.82 Å². The molecule has 156 valence electrons. The number of hydrogen-bond acceptors (Lipinski definition) is 5. The quantitative estimate of drug-likeness (QED) is 0.714. The topological polar surface area (TPSA) is 60.9 Å². The predicted octanol–water partition coefficient (Wildman–Crippen LogP) is 1.76. The predicted molar refractivity (Wildman–Crippen MR) is 109 cm³/mol. The lowest BCUT2D eigenvalue weighted by molar-refractivity contribution is -0.136. The first-order valence-corrected chi connectivity index (χ1v) is 11.9. The number of amides is 1. The molecule has 2 atom stereocenters. The molecule has 0 unspecified atom stereocenters. The second kappa shape index (κ2) is 8.78. The molecule has 6 nitrogen and oxygen atoms in total. The smallest absolute Gasteiger partial charge is 0.237 e. The molecule has 0 saturated carbocycles. The van der Waals surface area contributed by atoms with Crippen LogP contribution < -0.4 is 4.90 Å². The number of carbonyl (C=O) groups excluding carboxylic acids is 1. The van der Waals surface area contributed by atoms with Crippen molar-refractivity contribution in [2.24, 2.45) is 0 Å². The second-order valence-corrected chi connectivity index (χ2v) is 10.1. The Labute approximate surface area is 167 Å². The van der Waals surface area contributed by atoms with Gasteiger partial charge in [0.05, 0.1) is 18.1 Å². The standard InChI is InChI=1S/C20H30FN3O3S/c1-3-16(2)24(19-8-13-28(26,27)15-19)20(25)14-22-9-11-23(12-10-22)18-6-4-17(21)5-7-18/h4-7,16,19H,3,8-15H2,1-2H3/t16-,19-/m1/s1. The molecule has 2 heterocycles. The molecule has 8 heteroatoms. The van der Waals surface area contributed by atoms with Crippen LogP contribution in [0.25, 0.3) is 0 Å². The summed E-state index contributed by atoms with van der Waals surface area (Å²) in [4.78, 5) is 19.2. The van der Waals surface area contributed by atoms with Gasteiger partial charge in [-0.1, -0.05) is 6.92 Å². The summed E-state index contributed by atoms with van der Waals surface area (Å²) in [6.45, 7) is 7.39. The number of benzene rings is 1. The Hall–Kier alpha value is -1.67. The van der Waals surface area contributed by atoms with Gasteiger partial charge in [0.25, 0.3) is 0 Å². The van der Waals surface area contributed by atoms with Crippen LogP contribution in [0.3, 0.4) is 0 Å². The summed E-state index contributed by atoms with van der Waals surface area (Å²) in [6.07, 6.45) is 1.34. The van der Waals surface area contributed by atoms with Crippen molar-refractivity contribution in [1.29, 1.82) is 0 Å². The van der Waals surface area contributed by atoms with Crippen LogP contribution in [0, 0.1) is 5.82 Å². The van der Waals surface area contributed by atoms with Crippen LogP contribution in [0.15, 0.2) is 24.3 Å². The molecule has 0 aliphatic carbocycles. The first-order valence-electron chi connectivity index (χ1n) is 10.0. The van der Waals surface area contributed by atoms with Gasteiger partial charge in [0, 0.05) is 44.0 Å². The fourth-order valence-corrected chi connectivity index (χ4v) is 5.80. The third kappa shape index (κ3) is 5.03. The van der Waals surface area contributed by atoms with Gasteiger partial charge in [-0.25, -0.2) is 12.8 Å². The third-order valence-corrected chi connectivity index (χ3v) is 7.63. The van der Waals surface area contributed by atoms with Crippen molar-refractivity contribution in [3.63, 3.8) is 0 Å². The summed E-state index contributed by atoms with van der Waals surface area (Å²) in [7, 11) is -3.03. The van der Waals surface area contributed by atoms with E-state index < -0.39 is 9.84 Å². The van der Waals surface area contributed by atoms with Gasteiger partial charge >= 0.3 is 0 Å². The van der Waals surface area contributed by atoms with E-state index in [1.165, 1.54) is 12.1 Å². The number of rotatable bonds is 6. The molecule has 2 aliphatic rings. The van der Waals surface area contributed by atoms with Gasteiger partial charge in [-0.15, -0.1) is 0 Å². The Bertz CT molecular complexity index is 776. The number of sulfone groups is 1. The van der Waals surface area contributed by atoms with Crippen LogP contribution in [-0.2, 0) is 14.6 Å². The number of piperazine rings is 1. The molecule has 1 aromatic rings. The maximum atomic E-state index is 13.1. The van der Waals surface area contributed by atoms with Crippen LogP contribution in [0.1, 0.15) is 26.7 Å². The average Bonchev–Trinajstić information content (AvgIpc) is 3.02. The van der Waals surface area contributed by atoms with Crippen molar-refractivity contribution in [3.8, 4) is 0 Å². The molecule has 0 spiro atoms. The van der Waals surface area contributed by atoms with Gasteiger partial charge in [0.15, 0.2) is 9.84 Å². The lowest BCUT2D eigenvalue weighted by Gasteiger charge is -2.39. The molecule has 3 rings (SSSR count). The molecule has 2 fully saturated rings. The molecule has 28 heavy (non-hydrogen) atoms. The number of carbonyl (C=O) groups is 1. The Balaban J connectivity index is 1.58. The van der Waals surface area contributed by atoms with Crippen LogP contribution in [0.2, 0.25) is 0 Å². The Morgan fingerprint density at radius 2 is 1.86 bits per heavy atom. The zero-order chi connectivity index (χ0) is 20.3. The van der Waals surface area contributed by atoms with Gasteiger partial charge in [-0.05, 0) is 44.0 Å². The highest BCUT2D eigenvalue weighted by Crippen LogP contribution is 2.22. The summed E-state index contributed by atoms with van der Waals surface area (Å²) in [5.74, 6) is 0.0362. The van der Waals surface area contributed by atoms with Gasteiger partial charge < -0.3 is 9.80 Å². The number of anilines is 1. The van der Waals surface area contributed by atoms with E-state index in [9.17, 15) is 17.6 Å². The molecule has 0 radical (unpaired) electrons. The van der Waals surface area contributed by atoms with Crippen LogP contribution in [0.4, 0.5) is 10.1 Å². The molecular formula is C20H30FN3O3S. The maximum Gasteiger partial charge on any atom is 0.237 e. The minimum atomic E-state index is -3.03. The molecule has 0 N–H and O–H groups in total. The maximum absolute atomic E-state index is 13.1. The van der Waals surface area contributed by atoms with Crippen molar-refractivity contribution >= 4 is 21.4 Å². The molecule has 1 amide bonds. The minimum Gasteiger partial charge on any atom is -0.369 e. The first-order chi connectivity index (χ1) is 13.3. The molecule has 0 bridgehead atoms. The van der Waals surface area contributed by atoms with Crippen molar-refractivity contribution in [2.45, 2.75) is 38.8 Å². The lowest BCUT2D eigenvalue weighted by Crippen LogP contribution is -2.53. The zero-order valence-corrected chi connectivity index (χ0v) is 17.5. The van der Waals surface area contributed by atoms with Crippen LogP contribution in [0.5, 0.6) is 0 Å². The summed E-state index contributed by atoms with van der Waals surface area (Å²) < 4.78 is 36.9. The van der Waals surface area contributed by atoms with Crippen LogP contribution in [-0.4, -0.2) is 80.4 Å². The highest BCUT2D eigenvalue weighted by Gasteiger charge is 2.37. The highest BCUT2D eigenvalue weighted by molar-refractivity contribution is 7.91. The molecule has 2 aliphatic heterocycles. The summed E-state index contributed by atoms with van der Waals surface area (Å²) >= 11 is 0.